The molecule has 0 aromatic heterocycles. The third kappa shape index (κ3) is 11.3. The van der Waals surface area contributed by atoms with E-state index in [9.17, 15) is 26.7 Å². The Kier molecular flexibility index (Phi) is 12.0. The van der Waals surface area contributed by atoms with E-state index in [2.05, 4.69) is 5.32 Å². The van der Waals surface area contributed by atoms with E-state index >= 15 is 0 Å². The number of carboxylic acids is 1. The Bertz CT molecular complexity index is 1040. The van der Waals surface area contributed by atoms with Crippen molar-refractivity contribution in [3.63, 3.8) is 0 Å². The van der Waals surface area contributed by atoms with E-state index in [-0.39, 0.29) is 36.3 Å². The molecule has 0 amide bonds. The second-order valence-corrected chi connectivity index (χ2v) is 11.7. The molecule has 0 saturated heterocycles. The number of nitrogens with one attached hydrogen (secondary N) is 1. The van der Waals surface area contributed by atoms with Crippen LogP contribution in [0.25, 0.3) is 0 Å². The summed E-state index contributed by atoms with van der Waals surface area (Å²) in [6, 6.07) is 7.76. The van der Waals surface area contributed by atoms with Crippen LogP contribution < -0.4 is 5.32 Å². The normalized spacial score (nSPS) is 13.2. The zero-order valence-electron chi connectivity index (χ0n) is 22.3. The lowest BCUT2D eigenvalue weighted by Gasteiger charge is -2.29. The zero-order chi connectivity index (χ0) is 28.5. The van der Waals surface area contributed by atoms with Crippen molar-refractivity contribution in [1.29, 1.82) is 0 Å². The molecule has 0 saturated carbocycles. The van der Waals surface area contributed by atoms with Crippen LogP contribution >= 0.6 is 11.9 Å². The highest BCUT2D eigenvalue weighted by Gasteiger charge is 2.31. The van der Waals surface area contributed by atoms with Gasteiger partial charge >= 0.3 is 12.1 Å². The number of aryl methyl sites for hydroxylation is 1. The van der Waals surface area contributed by atoms with Gasteiger partial charge in [-0.05, 0) is 113 Å². The zero-order valence-corrected chi connectivity index (χ0v) is 23.1. The minimum Gasteiger partial charge on any atom is -0.481 e. The highest BCUT2D eigenvalue weighted by molar-refractivity contribution is 7.97. The third-order valence-electron chi connectivity index (χ3n) is 6.20. The standard InChI is InChI=1S/C28H37F5N2O2S/c1-19(17-34-27(2,3)13-7-9-23-24(29)10-6-11-25(23)30)18-35(4)38-22-15-20(8-5-12-26(36)37)14-21(16-22)28(31,32)33/h6,10-11,14-16,19,34H,5,7-9,12-13,17-18H2,1-4H3,(H,36,37)/t19-/m1/s1. The Labute approximate surface area is 226 Å². The lowest BCUT2D eigenvalue weighted by molar-refractivity contribution is -0.138. The molecule has 212 valence electrons. The van der Waals surface area contributed by atoms with E-state index in [1.54, 1.807) is 6.07 Å². The summed E-state index contributed by atoms with van der Waals surface area (Å²) in [5.41, 5.74) is -0.431. The summed E-state index contributed by atoms with van der Waals surface area (Å²) >= 11 is 1.22. The summed E-state index contributed by atoms with van der Waals surface area (Å²) in [5.74, 6) is -1.86. The average Bonchev–Trinajstić information content (AvgIpc) is 2.79. The number of halogens is 5. The highest BCUT2D eigenvalue weighted by atomic mass is 32.2. The van der Waals surface area contributed by atoms with Gasteiger partial charge in [-0.15, -0.1) is 0 Å². The molecule has 0 bridgehead atoms. The average molecular weight is 561 g/mol. The molecule has 1 atom stereocenters. The number of benzene rings is 2. The molecule has 0 aliphatic heterocycles. The third-order valence-corrected chi connectivity index (χ3v) is 7.11. The van der Waals surface area contributed by atoms with E-state index in [0.717, 1.165) is 12.1 Å². The van der Waals surface area contributed by atoms with Crippen LogP contribution in [0.3, 0.4) is 0 Å². The van der Waals surface area contributed by atoms with Crippen molar-refractivity contribution in [3.8, 4) is 0 Å². The van der Waals surface area contributed by atoms with Crippen molar-refractivity contribution < 1.29 is 31.9 Å². The number of hydrogen-bond acceptors (Lipinski definition) is 4. The number of carboxylic acid groups (broad SMARTS) is 1. The van der Waals surface area contributed by atoms with Crippen LogP contribution in [0.15, 0.2) is 41.3 Å². The van der Waals surface area contributed by atoms with E-state index in [1.807, 2.05) is 32.1 Å². The van der Waals surface area contributed by atoms with E-state index in [0.29, 0.717) is 42.8 Å². The molecule has 2 aromatic carbocycles. The number of rotatable bonds is 15. The maximum Gasteiger partial charge on any atom is 0.416 e. The van der Waals surface area contributed by atoms with Gasteiger partial charge < -0.3 is 10.4 Å². The van der Waals surface area contributed by atoms with Crippen molar-refractivity contribution >= 4 is 17.9 Å². The van der Waals surface area contributed by atoms with Gasteiger partial charge in [0.15, 0.2) is 0 Å². The van der Waals surface area contributed by atoms with Crippen molar-refractivity contribution in [2.45, 2.75) is 75.9 Å². The van der Waals surface area contributed by atoms with E-state index in [4.69, 9.17) is 5.11 Å². The largest absolute Gasteiger partial charge is 0.481 e. The van der Waals surface area contributed by atoms with Gasteiger partial charge in [0.2, 0.25) is 0 Å². The molecule has 0 fully saturated rings. The Morgan fingerprint density at radius 2 is 1.74 bits per heavy atom. The van der Waals surface area contributed by atoms with Gasteiger partial charge in [-0.2, -0.15) is 13.2 Å². The van der Waals surface area contributed by atoms with Crippen LogP contribution in [0.4, 0.5) is 22.0 Å². The predicted octanol–water partition coefficient (Wildman–Crippen LogP) is 7.36. The molecule has 0 radical (unpaired) electrons. The second kappa shape index (κ2) is 14.3. The van der Waals surface area contributed by atoms with Gasteiger partial charge in [0.1, 0.15) is 11.6 Å². The molecule has 2 aromatic rings. The Morgan fingerprint density at radius 3 is 2.34 bits per heavy atom. The Hall–Kier alpha value is -2.17. The first kappa shape index (κ1) is 32.0. The monoisotopic (exact) mass is 560 g/mol. The number of hydrogen-bond donors (Lipinski definition) is 2. The van der Waals surface area contributed by atoms with Gasteiger partial charge in [0.25, 0.3) is 0 Å². The van der Waals surface area contributed by atoms with Gasteiger partial charge in [-0.25, -0.2) is 13.1 Å². The number of nitrogens with zero attached hydrogens (tertiary/aromatic N) is 1. The summed E-state index contributed by atoms with van der Waals surface area (Å²) in [5, 5.41) is 12.3. The van der Waals surface area contributed by atoms with Crippen LogP contribution in [-0.4, -0.2) is 41.1 Å². The van der Waals surface area contributed by atoms with Crippen LogP contribution in [0, 0.1) is 17.6 Å². The SMILES string of the molecule is C[C@H](CNC(C)(C)CCCc1c(F)cccc1F)CN(C)Sc1cc(CCCC(=O)O)cc(C(F)(F)F)c1. The van der Waals surface area contributed by atoms with E-state index in [1.165, 1.54) is 30.1 Å². The molecule has 2 N–H and O–H groups in total. The molecule has 10 heteroatoms. The van der Waals surface area contributed by atoms with Crippen LogP contribution in [-0.2, 0) is 23.8 Å². The quantitative estimate of drug-likeness (QED) is 0.176. The summed E-state index contributed by atoms with van der Waals surface area (Å²) in [6.45, 7) is 7.38. The smallest absolute Gasteiger partial charge is 0.416 e. The first-order valence-electron chi connectivity index (χ1n) is 12.7. The molecular weight excluding hydrogens is 523 g/mol. The molecule has 0 spiro atoms. The number of alkyl halides is 3. The Balaban J connectivity index is 1.88. The van der Waals surface area contributed by atoms with Gasteiger partial charge in [0.05, 0.1) is 5.56 Å². The summed E-state index contributed by atoms with van der Waals surface area (Å²) < 4.78 is 69.8. The van der Waals surface area contributed by atoms with Gasteiger partial charge in [-0.1, -0.05) is 13.0 Å². The van der Waals surface area contributed by atoms with Crippen molar-refractivity contribution in [2.24, 2.45) is 5.92 Å². The van der Waals surface area contributed by atoms with Crippen LogP contribution in [0.5, 0.6) is 0 Å². The van der Waals surface area contributed by atoms with Gasteiger partial charge in [-0.3, -0.25) is 4.79 Å². The molecule has 0 aliphatic carbocycles. The summed E-state index contributed by atoms with van der Waals surface area (Å²) in [4.78, 5) is 11.2. The minimum atomic E-state index is -4.49. The molecule has 4 nitrogen and oxygen atoms in total. The minimum absolute atomic E-state index is 0.0977. The fourth-order valence-electron chi connectivity index (χ4n) is 4.20. The maximum atomic E-state index is 13.8. The fourth-order valence-corrected chi connectivity index (χ4v) is 5.28. The molecule has 2 rings (SSSR count). The fraction of sp³-hybridized carbons (Fsp3) is 0.536. The molecule has 38 heavy (non-hydrogen) atoms. The summed E-state index contributed by atoms with van der Waals surface area (Å²) in [7, 11) is 1.82. The lowest BCUT2D eigenvalue weighted by atomic mass is 9.94. The van der Waals surface area contributed by atoms with Crippen molar-refractivity contribution in [1.82, 2.24) is 9.62 Å². The summed E-state index contributed by atoms with van der Waals surface area (Å²) in [6.07, 6.45) is -2.42. The van der Waals surface area contributed by atoms with Crippen molar-refractivity contribution in [2.75, 3.05) is 20.1 Å². The first-order chi connectivity index (χ1) is 17.7. The molecule has 0 heterocycles. The highest BCUT2D eigenvalue weighted by Crippen LogP contribution is 2.34. The predicted molar refractivity (Wildman–Crippen MR) is 141 cm³/mol. The Morgan fingerprint density at radius 1 is 1.08 bits per heavy atom. The molecular formula is C28H37F5N2O2S. The molecule has 0 aliphatic rings. The maximum absolute atomic E-state index is 13.8. The van der Waals surface area contributed by atoms with Crippen LogP contribution in [0.1, 0.15) is 63.1 Å². The lowest BCUT2D eigenvalue weighted by Crippen LogP contribution is -2.43. The topological polar surface area (TPSA) is 52.6 Å². The first-order valence-corrected chi connectivity index (χ1v) is 13.4. The van der Waals surface area contributed by atoms with Gasteiger partial charge in [0, 0.05) is 29.0 Å². The van der Waals surface area contributed by atoms with Crippen LogP contribution in [0.2, 0.25) is 0 Å². The van der Waals surface area contributed by atoms with E-state index < -0.39 is 29.3 Å². The van der Waals surface area contributed by atoms with Crippen molar-refractivity contribution in [3.05, 3.63) is 64.7 Å². The second-order valence-electron chi connectivity index (χ2n) is 10.4. The number of carbonyl (C=O) groups is 1. The number of aliphatic carboxylic acids is 1. The molecule has 0 unspecified atom stereocenters.